The fraction of sp³-hybridized carbons (Fsp3) is 0.600. The van der Waals surface area contributed by atoms with Gasteiger partial charge in [-0.05, 0) is 44.7 Å². The molecule has 21 heavy (non-hydrogen) atoms. The Morgan fingerprint density at radius 1 is 1.24 bits per heavy atom. The molecule has 3 rings (SSSR count). The van der Waals surface area contributed by atoms with E-state index >= 15 is 0 Å². The van der Waals surface area contributed by atoms with E-state index in [-0.39, 0.29) is 18.1 Å². The molecule has 2 fully saturated rings. The molecule has 2 atom stereocenters. The first-order chi connectivity index (χ1) is 9.97. The summed E-state index contributed by atoms with van der Waals surface area (Å²) < 4.78 is 27.9. The molecule has 116 valence electrons. The molecule has 2 unspecified atom stereocenters. The predicted octanol–water partition coefficient (Wildman–Crippen LogP) is 1.44. The van der Waals surface area contributed by atoms with Crippen molar-refractivity contribution >= 4 is 15.7 Å². The third-order valence-electron chi connectivity index (χ3n) is 4.28. The Balaban J connectivity index is 1.92. The summed E-state index contributed by atoms with van der Waals surface area (Å²) in [5.74, 6) is 0. The van der Waals surface area contributed by atoms with Gasteiger partial charge in [-0.2, -0.15) is 0 Å². The SMILES string of the molecule is CC1CC(N)CCN1c1ccccc1S(=O)(=O)NC1CC1. The topological polar surface area (TPSA) is 75.4 Å². The van der Waals surface area contributed by atoms with E-state index in [1.165, 1.54) is 0 Å². The zero-order valence-electron chi connectivity index (χ0n) is 12.3. The molecule has 6 heteroatoms. The summed E-state index contributed by atoms with van der Waals surface area (Å²) >= 11 is 0. The summed E-state index contributed by atoms with van der Waals surface area (Å²) in [6.45, 7) is 2.91. The molecular formula is C15H23N3O2S. The molecule has 0 bridgehead atoms. The van der Waals surface area contributed by atoms with Crippen LogP contribution in [0.4, 0.5) is 5.69 Å². The molecule has 1 saturated heterocycles. The van der Waals surface area contributed by atoms with Crippen molar-refractivity contribution in [3.63, 3.8) is 0 Å². The Kier molecular flexibility index (Phi) is 3.94. The third-order valence-corrected chi connectivity index (χ3v) is 5.85. The van der Waals surface area contributed by atoms with Crippen molar-refractivity contribution < 1.29 is 8.42 Å². The summed E-state index contributed by atoms with van der Waals surface area (Å²) in [6.07, 6.45) is 3.67. The minimum absolute atomic E-state index is 0.121. The second-order valence-electron chi connectivity index (χ2n) is 6.19. The molecule has 1 aromatic carbocycles. The van der Waals surface area contributed by atoms with Crippen molar-refractivity contribution in [1.82, 2.24) is 4.72 Å². The molecule has 1 heterocycles. The summed E-state index contributed by atoms with van der Waals surface area (Å²) in [5.41, 5.74) is 6.80. The number of anilines is 1. The monoisotopic (exact) mass is 309 g/mol. The first kappa shape index (κ1) is 14.8. The van der Waals surface area contributed by atoms with E-state index in [4.69, 9.17) is 5.73 Å². The predicted molar refractivity (Wildman–Crippen MR) is 83.8 cm³/mol. The number of hydrogen-bond donors (Lipinski definition) is 2. The summed E-state index contributed by atoms with van der Waals surface area (Å²) in [4.78, 5) is 2.56. The van der Waals surface area contributed by atoms with Gasteiger partial charge in [0.25, 0.3) is 0 Å². The lowest BCUT2D eigenvalue weighted by Gasteiger charge is -2.39. The van der Waals surface area contributed by atoms with Crippen molar-refractivity contribution in [2.45, 2.75) is 55.6 Å². The van der Waals surface area contributed by atoms with E-state index in [9.17, 15) is 8.42 Å². The molecule has 3 N–H and O–H groups in total. The maximum Gasteiger partial charge on any atom is 0.242 e. The minimum atomic E-state index is -3.44. The van der Waals surface area contributed by atoms with Gasteiger partial charge in [0, 0.05) is 24.7 Å². The zero-order valence-corrected chi connectivity index (χ0v) is 13.1. The van der Waals surface area contributed by atoms with Crippen LogP contribution >= 0.6 is 0 Å². The average Bonchev–Trinajstić information content (AvgIpc) is 3.22. The van der Waals surface area contributed by atoms with Gasteiger partial charge < -0.3 is 10.6 Å². The van der Waals surface area contributed by atoms with Crippen LogP contribution in [0.3, 0.4) is 0 Å². The van der Waals surface area contributed by atoms with Crippen LogP contribution in [0.2, 0.25) is 0 Å². The quantitative estimate of drug-likeness (QED) is 0.882. The van der Waals surface area contributed by atoms with E-state index in [0.29, 0.717) is 4.90 Å². The number of nitrogens with one attached hydrogen (secondary N) is 1. The smallest absolute Gasteiger partial charge is 0.242 e. The van der Waals surface area contributed by atoms with E-state index in [0.717, 1.165) is 37.9 Å². The van der Waals surface area contributed by atoms with Crippen LogP contribution in [0, 0.1) is 0 Å². The highest BCUT2D eigenvalue weighted by atomic mass is 32.2. The van der Waals surface area contributed by atoms with Crippen LogP contribution in [-0.2, 0) is 10.0 Å². The van der Waals surface area contributed by atoms with Gasteiger partial charge in [0.1, 0.15) is 4.90 Å². The molecule has 1 saturated carbocycles. The number of sulfonamides is 1. The average molecular weight is 309 g/mol. The number of hydrogen-bond acceptors (Lipinski definition) is 4. The van der Waals surface area contributed by atoms with E-state index < -0.39 is 10.0 Å². The molecule has 2 aliphatic rings. The lowest BCUT2D eigenvalue weighted by molar-refractivity contribution is 0.428. The lowest BCUT2D eigenvalue weighted by Crippen LogP contribution is -2.46. The van der Waals surface area contributed by atoms with E-state index in [1.54, 1.807) is 12.1 Å². The van der Waals surface area contributed by atoms with E-state index in [1.807, 2.05) is 12.1 Å². The number of nitrogens with two attached hydrogens (primary N) is 1. The number of rotatable bonds is 4. The Morgan fingerprint density at radius 2 is 1.95 bits per heavy atom. The lowest BCUT2D eigenvalue weighted by atomic mass is 9.98. The molecule has 1 aliphatic carbocycles. The Morgan fingerprint density at radius 3 is 2.62 bits per heavy atom. The Bertz CT molecular complexity index is 613. The van der Waals surface area contributed by atoms with Crippen LogP contribution < -0.4 is 15.4 Å². The van der Waals surface area contributed by atoms with Crippen LogP contribution in [0.1, 0.15) is 32.6 Å². The van der Waals surface area contributed by atoms with Gasteiger partial charge in [-0.3, -0.25) is 0 Å². The van der Waals surface area contributed by atoms with Crippen molar-refractivity contribution in [3.05, 3.63) is 24.3 Å². The summed E-state index contributed by atoms with van der Waals surface area (Å²) in [7, 11) is -3.44. The molecule has 0 amide bonds. The highest BCUT2D eigenvalue weighted by Gasteiger charge is 2.32. The van der Waals surface area contributed by atoms with Gasteiger partial charge >= 0.3 is 0 Å². The molecule has 0 aromatic heterocycles. The largest absolute Gasteiger partial charge is 0.368 e. The van der Waals surface area contributed by atoms with Crippen molar-refractivity contribution in [2.75, 3.05) is 11.4 Å². The molecule has 5 nitrogen and oxygen atoms in total. The summed E-state index contributed by atoms with van der Waals surface area (Å²) in [6, 6.07) is 7.86. The van der Waals surface area contributed by atoms with Crippen LogP contribution in [0.5, 0.6) is 0 Å². The summed E-state index contributed by atoms with van der Waals surface area (Å²) in [5, 5.41) is 0. The van der Waals surface area contributed by atoms with E-state index in [2.05, 4.69) is 16.5 Å². The molecule has 0 radical (unpaired) electrons. The van der Waals surface area contributed by atoms with Crippen LogP contribution in [0.25, 0.3) is 0 Å². The number of benzene rings is 1. The van der Waals surface area contributed by atoms with Gasteiger partial charge in [0.15, 0.2) is 0 Å². The van der Waals surface area contributed by atoms with Gasteiger partial charge in [-0.15, -0.1) is 0 Å². The highest BCUT2D eigenvalue weighted by molar-refractivity contribution is 7.89. The molecule has 1 aliphatic heterocycles. The Labute approximate surface area is 126 Å². The Hall–Kier alpha value is -1.11. The van der Waals surface area contributed by atoms with Gasteiger partial charge in [-0.25, -0.2) is 13.1 Å². The fourth-order valence-corrected chi connectivity index (χ4v) is 4.49. The molecular weight excluding hydrogens is 286 g/mol. The first-order valence-corrected chi connectivity index (χ1v) is 9.09. The second kappa shape index (κ2) is 5.59. The normalized spacial score (nSPS) is 26.9. The number of nitrogens with zero attached hydrogens (tertiary/aromatic N) is 1. The zero-order chi connectivity index (χ0) is 15.0. The maximum absolute atomic E-state index is 12.6. The number of piperidine rings is 1. The first-order valence-electron chi connectivity index (χ1n) is 7.61. The third kappa shape index (κ3) is 3.22. The van der Waals surface area contributed by atoms with Crippen LogP contribution in [-0.4, -0.2) is 33.1 Å². The highest BCUT2D eigenvalue weighted by Crippen LogP contribution is 2.31. The number of para-hydroxylation sites is 1. The maximum atomic E-state index is 12.6. The molecule has 0 spiro atoms. The minimum Gasteiger partial charge on any atom is -0.368 e. The van der Waals surface area contributed by atoms with Crippen molar-refractivity contribution in [2.24, 2.45) is 5.73 Å². The van der Waals surface area contributed by atoms with Gasteiger partial charge in [-0.1, -0.05) is 12.1 Å². The standard InChI is InChI=1S/C15H23N3O2S/c1-11-10-12(16)8-9-18(11)14-4-2-3-5-15(14)21(19,20)17-13-6-7-13/h2-5,11-13,17H,6-10,16H2,1H3. The van der Waals surface area contributed by atoms with Gasteiger partial charge in [0.05, 0.1) is 5.69 Å². The van der Waals surface area contributed by atoms with Crippen LogP contribution in [0.15, 0.2) is 29.2 Å². The van der Waals surface area contributed by atoms with Gasteiger partial charge in [0.2, 0.25) is 10.0 Å². The van der Waals surface area contributed by atoms with Crippen molar-refractivity contribution in [1.29, 1.82) is 0 Å². The fourth-order valence-electron chi connectivity index (χ4n) is 2.97. The van der Waals surface area contributed by atoms with Crippen molar-refractivity contribution in [3.8, 4) is 0 Å². The second-order valence-corrected chi connectivity index (χ2v) is 7.87. The molecule has 1 aromatic rings.